The minimum absolute atomic E-state index is 0.0149. The van der Waals surface area contributed by atoms with E-state index >= 15 is 0 Å². The number of aryl methyl sites for hydroxylation is 1. The lowest BCUT2D eigenvalue weighted by molar-refractivity contribution is 0.609. The van der Waals surface area contributed by atoms with Crippen LogP contribution in [0.1, 0.15) is 17.3 Å². The largest absolute Gasteiger partial charge is 0.308 e. The molecular weight excluding hydrogens is 270 g/mol. The van der Waals surface area contributed by atoms with Crippen LogP contribution in [-0.4, -0.2) is 16.8 Å². The fourth-order valence-corrected chi connectivity index (χ4v) is 2.96. The van der Waals surface area contributed by atoms with E-state index in [4.69, 9.17) is 11.6 Å². The first kappa shape index (κ1) is 13.2. The molecule has 102 valence electrons. The minimum atomic E-state index is 0.0149. The van der Waals surface area contributed by atoms with E-state index < -0.39 is 0 Å². The topological polar surface area (TPSA) is 29.9 Å². The predicted octanol–water partition coefficient (Wildman–Crippen LogP) is 3.54. The molecule has 3 rings (SSSR count). The number of nitrogens with zero attached hydrogens (tertiary/aromatic N) is 2. The lowest BCUT2D eigenvalue weighted by atomic mass is 9.97. The summed E-state index contributed by atoms with van der Waals surface area (Å²) in [5, 5.41) is 10.7. The molecule has 0 radical (unpaired) electrons. The monoisotopic (exact) mass is 285 g/mol. The van der Waals surface area contributed by atoms with Gasteiger partial charge in [0, 0.05) is 7.05 Å². The molecule has 0 amide bonds. The van der Waals surface area contributed by atoms with E-state index in [2.05, 4.69) is 52.9 Å². The maximum Gasteiger partial charge on any atom is 0.0837 e. The summed E-state index contributed by atoms with van der Waals surface area (Å²) in [6, 6.07) is 14.7. The van der Waals surface area contributed by atoms with Gasteiger partial charge in [-0.1, -0.05) is 54.1 Å². The lowest BCUT2D eigenvalue weighted by Crippen LogP contribution is -2.21. The van der Waals surface area contributed by atoms with Crippen molar-refractivity contribution in [1.29, 1.82) is 0 Å². The van der Waals surface area contributed by atoms with Crippen molar-refractivity contribution in [2.24, 2.45) is 7.05 Å². The zero-order valence-electron chi connectivity index (χ0n) is 11.5. The molecule has 0 fully saturated rings. The van der Waals surface area contributed by atoms with Gasteiger partial charge in [-0.15, -0.1) is 0 Å². The Morgan fingerprint density at radius 1 is 1.15 bits per heavy atom. The van der Waals surface area contributed by atoms with Crippen LogP contribution in [0.3, 0.4) is 0 Å². The van der Waals surface area contributed by atoms with Crippen LogP contribution in [0.5, 0.6) is 0 Å². The molecule has 1 N–H and O–H groups in total. The highest BCUT2D eigenvalue weighted by atomic mass is 35.5. The van der Waals surface area contributed by atoms with Gasteiger partial charge in [-0.25, -0.2) is 0 Å². The van der Waals surface area contributed by atoms with E-state index in [0.29, 0.717) is 5.02 Å². The average molecular weight is 286 g/mol. The summed E-state index contributed by atoms with van der Waals surface area (Å²) < 4.78 is 1.82. The lowest BCUT2D eigenvalue weighted by Gasteiger charge is -2.19. The molecule has 1 unspecified atom stereocenters. The van der Waals surface area contributed by atoms with Crippen molar-refractivity contribution in [3.8, 4) is 0 Å². The van der Waals surface area contributed by atoms with Crippen LogP contribution in [0.4, 0.5) is 0 Å². The Bertz CT molecular complexity index is 724. The van der Waals surface area contributed by atoms with E-state index in [1.54, 1.807) is 6.20 Å². The smallest absolute Gasteiger partial charge is 0.0837 e. The second-order valence-corrected chi connectivity index (χ2v) is 5.20. The zero-order chi connectivity index (χ0) is 14.1. The third-order valence-corrected chi connectivity index (χ3v) is 3.93. The Morgan fingerprint density at radius 3 is 2.60 bits per heavy atom. The molecule has 0 bridgehead atoms. The summed E-state index contributed by atoms with van der Waals surface area (Å²) >= 11 is 6.30. The third-order valence-electron chi connectivity index (χ3n) is 3.63. The number of aromatic nitrogens is 2. The van der Waals surface area contributed by atoms with Gasteiger partial charge in [-0.2, -0.15) is 5.10 Å². The van der Waals surface area contributed by atoms with E-state index in [9.17, 15) is 0 Å². The standard InChI is InChI=1S/C16H16ClN3/c1-18-15(16-14(17)10-19-20(16)2)13-9-5-7-11-6-3-4-8-12(11)13/h3-10,15,18H,1-2H3. The van der Waals surface area contributed by atoms with Gasteiger partial charge in [0.05, 0.1) is 23.0 Å². The van der Waals surface area contributed by atoms with Crippen molar-refractivity contribution in [2.75, 3.05) is 7.05 Å². The van der Waals surface area contributed by atoms with Crippen LogP contribution in [-0.2, 0) is 7.05 Å². The third kappa shape index (κ3) is 2.09. The van der Waals surface area contributed by atoms with Crippen molar-refractivity contribution in [2.45, 2.75) is 6.04 Å². The predicted molar refractivity (Wildman–Crippen MR) is 83.1 cm³/mol. The molecule has 0 spiro atoms. The Balaban J connectivity index is 2.22. The van der Waals surface area contributed by atoms with Crippen LogP contribution >= 0.6 is 11.6 Å². The molecule has 4 heteroatoms. The first-order valence-corrected chi connectivity index (χ1v) is 6.92. The maximum absolute atomic E-state index is 6.30. The molecule has 3 nitrogen and oxygen atoms in total. The number of nitrogens with one attached hydrogen (secondary N) is 1. The number of benzene rings is 2. The molecule has 0 aliphatic rings. The number of hydrogen-bond acceptors (Lipinski definition) is 2. The van der Waals surface area contributed by atoms with Crippen molar-refractivity contribution in [1.82, 2.24) is 15.1 Å². The van der Waals surface area contributed by atoms with Crippen molar-refractivity contribution < 1.29 is 0 Å². The van der Waals surface area contributed by atoms with Crippen LogP contribution in [0.15, 0.2) is 48.7 Å². The number of hydrogen-bond donors (Lipinski definition) is 1. The molecular formula is C16H16ClN3. The number of rotatable bonds is 3. The summed E-state index contributed by atoms with van der Waals surface area (Å²) in [6.45, 7) is 0. The van der Waals surface area contributed by atoms with Crippen molar-refractivity contribution >= 4 is 22.4 Å². The van der Waals surface area contributed by atoms with Crippen LogP contribution in [0, 0.1) is 0 Å². The van der Waals surface area contributed by atoms with E-state index in [1.807, 2.05) is 18.8 Å². The number of halogens is 1. The molecule has 2 aromatic carbocycles. The minimum Gasteiger partial charge on any atom is -0.308 e. The fourth-order valence-electron chi connectivity index (χ4n) is 2.69. The molecule has 20 heavy (non-hydrogen) atoms. The van der Waals surface area contributed by atoms with E-state index in [1.165, 1.54) is 16.3 Å². The average Bonchev–Trinajstić information content (AvgIpc) is 2.81. The number of fused-ring (bicyclic) bond motifs is 1. The van der Waals surface area contributed by atoms with Gasteiger partial charge in [-0.3, -0.25) is 4.68 Å². The summed E-state index contributed by atoms with van der Waals surface area (Å²) in [5.41, 5.74) is 2.18. The highest BCUT2D eigenvalue weighted by Gasteiger charge is 2.20. The fraction of sp³-hybridized carbons (Fsp3) is 0.188. The summed E-state index contributed by atoms with van der Waals surface area (Å²) in [5.74, 6) is 0. The van der Waals surface area contributed by atoms with E-state index in [0.717, 1.165) is 5.69 Å². The molecule has 1 heterocycles. The first-order valence-electron chi connectivity index (χ1n) is 6.54. The van der Waals surface area contributed by atoms with Crippen LogP contribution < -0.4 is 5.32 Å². The quantitative estimate of drug-likeness (QED) is 0.798. The molecule has 0 aliphatic carbocycles. The van der Waals surface area contributed by atoms with Gasteiger partial charge in [0.15, 0.2) is 0 Å². The van der Waals surface area contributed by atoms with Gasteiger partial charge >= 0.3 is 0 Å². The summed E-state index contributed by atoms with van der Waals surface area (Å²) in [7, 11) is 3.85. The SMILES string of the molecule is CNC(c1cccc2ccccc12)c1c(Cl)cnn1C. The van der Waals surface area contributed by atoms with Gasteiger partial charge in [0.2, 0.25) is 0 Å². The Hall–Kier alpha value is -1.84. The highest BCUT2D eigenvalue weighted by molar-refractivity contribution is 6.31. The van der Waals surface area contributed by atoms with Gasteiger partial charge < -0.3 is 5.32 Å². The summed E-state index contributed by atoms with van der Waals surface area (Å²) in [4.78, 5) is 0. The van der Waals surface area contributed by atoms with Gasteiger partial charge in [0.1, 0.15) is 0 Å². The molecule has 1 aromatic heterocycles. The second kappa shape index (κ2) is 5.27. The Kier molecular flexibility index (Phi) is 3.47. The van der Waals surface area contributed by atoms with Crippen LogP contribution in [0.2, 0.25) is 5.02 Å². The Morgan fingerprint density at radius 2 is 1.90 bits per heavy atom. The van der Waals surface area contributed by atoms with Crippen molar-refractivity contribution in [3.05, 3.63) is 64.9 Å². The highest BCUT2D eigenvalue weighted by Crippen LogP contribution is 2.31. The second-order valence-electron chi connectivity index (χ2n) is 4.79. The molecule has 0 saturated heterocycles. The normalized spacial score (nSPS) is 12.8. The molecule has 0 saturated carbocycles. The summed E-state index contributed by atoms with van der Waals surface area (Å²) in [6.07, 6.45) is 1.69. The van der Waals surface area contributed by atoms with Crippen LogP contribution in [0.25, 0.3) is 10.8 Å². The van der Waals surface area contributed by atoms with Gasteiger partial charge in [-0.05, 0) is 23.4 Å². The van der Waals surface area contributed by atoms with Gasteiger partial charge in [0.25, 0.3) is 0 Å². The maximum atomic E-state index is 6.30. The first-order chi connectivity index (χ1) is 9.72. The molecule has 1 atom stereocenters. The Labute approximate surface area is 123 Å². The zero-order valence-corrected chi connectivity index (χ0v) is 12.2. The van der Waals surface area contributed by atoms with Crippen molar-refractivity contribution in [3.63, 3.8) is 0 Å². The molecule has 3 aromatic rings. The van der Waals surface area contributed by atoms with E-state index in [-0.39, 0.29) is 6.04 Å². The molecule has 0 aliphatic heterocycles.